The highest BCUT2D eigenvalue weighted by Gasteiger charge is 2.06. The van der Waals surface area contributed by atoms with Gasteiger partial charge in [0.25, 0.3) is 0 Å². The fraction of sp³-hybridized carbons (Fsp3) is 0.385. The van der Waals surface area contributed by atoms with Crippen molar-refractivity contribution < 1.29 is 9.53 Å². The van der Waals surface area contributed by atoms with Gasteiger partial charge in [-0.05, 0) is 31.5 Å². The Bertz CT molecular complexity index is 428. The first-order valence-corrected chi connectivity index (χ1v) is 5.50. The Hall–Kier alpha value is -1.84. The van der Waals surface area contributed by atoms with Crippen molar-refractivity contribution in [1.29, 1.82) is 0 Å². The van der Waals surface area contributed by atoms with Crippen LogP contribution in [0.2, 0.25) is 0 Å². The second-order valence-electron chi connectivity index (χ2n) is 3.82. The summed E-state index contributed by atoms with van der Waals surface area (Å²) in [5, 5.41) is 0. The molecule has 0 saturated carbocycles. The number of ether oxygens (including phenoxy) is 1. The Morgan fingerprint density at radius 3 is 2.71 bits per heavy atom. The smallest absolute Gasteiger partial charge is 0.150 e. The number of benzene rings is 1. The Morgan fingerprint density at radius 1 is 1.47 bits per heavy atom. The van der Waals surface area contributed by atoms with Gasteiger partial charge in [-0.3, -0.25) is 4.79 Å². The predicted octanol–water partition coefficient (Wildman–Crippen LogP) is 2.43. The fourth-order valence-corrected chi connectivity index (χ4v) is 1.32. The molecule has 0 aliphatic carbocycles. The summed E-state index contributed by atoms with van der Waals surface area (Å²) in [6.07, 6.45) is 2.57. The minimum Gasteiger partial charge on any atom is -0.494 e. The van der Waals surface area contributed by atoms with Gasteiger partial charge >= 0.3 is 0 Å². The highest BCUT2D eigenvalue weighted by atomic mass is 16.5. The first-order valence-electron chi connectivity index (χ1n) is 5.50. The van der Waals surface area contributed by atoms with E-state index in [1.54, 1.807) is 19.5 Å². The highest BCUT2D eigenvalue weighted by molar-refractivity contribution is 5.80. The molecular formula is C13H18N2O2. The Morgan fingerprint density at radius 2 is 2.18 bits per heavy atom. The van der Waals surface area contributed by atoms with E-state index in [0.717, 1.165) is 24.1 Å². The average Bonchev–Trinajstić information content (AvgIpc) is 2.35. The number of aryl methyl sites for hydroxylation is 1. The molecule has 0 aliphatic heterocycles. The first kappa shape index (κ1) is 13.2. The number of nitrogens with zero attached hydrogens (tertiary/aromatic N) is 2. The van der Waals surface area contributed by atoms with Crippen LogP contribution in [0.25, 0.3) is 0 Å². The van der Waals surface area contributed by atoms with Crippen molar-refractivity contribution in [2.45, 2.75) is 13.8 Å². The molecule has 4 heteroatoms. The molecule has 1 rings (SSSR count). The molecule has 1 aromatic rings. The molecule has 0 radical (unpaired) electrons. The van der Waals surface area contributed by atoms with Crippen molar-refractivity contribution >= 4 is 18.3 Å². The van der Waals surface area contributed by atoms with Crippen molar-refractivity contribution in [2.75, 3.05) is 20.7 Å². The molecule has 0 amide bonds. The maximum Gasteiger partial charge on any atom is 0.150 e. The summed E-state index contributed by atoms with van der Waals surface area (Å²) in [6.45, 7) is 4.81. The number of hydrogen-bond donors (Lipinski definition) is 0. The molecule has 1 aromatic carbocycles. The summed E-state index contributed by atoms with van der Waals surface area (Å²) in [4.78, 5) is 17.1. The lowest BCUT2D eigenvalue weighted by Crippen LogP contribution is -2.14. The molecule has 0 aliphatic rings. The van der Waals surface area contributed by atoms with Crippen molar-refractivity contribution in [3.8, 4) is 5.75 Å². The summed E-state index contributed by atoms with van der Waals surface area (Å²) in [7, 11) is 3.52. The second kappa shape index (κ2) is 6.03. The normalized spacial score (nSPS) is 10.6. The van der Waals surface area contributed by atoms with Crippen molar-refractivity contribution in [2.24, 2.45) is 4.99 Å². The van der Waals surface area contributed by atoms with Gasteiger partial charge in [-0.25, -0.2) is 4.99 Å². The molecule has 0 atom stereocenters. The van der Waals surface area contributed by atoms with Gasteiger partial charge in [0.1, 0.15) is 17.7 Å². The van der Waals surface area contributed by atoms with Gasteiger partial charge in [-0.15, -0.1) is 0 Å². The number of methoxy groups -OCH3 is 1. The predicted molar refractivity (Wildman–Crippen MR) is 69.6 cm³/mol. The minimum absolute atomic E-state index is 0.610. The molecule has 4 nitrogen and oxygen atoms in total. The third-order valence-corrected chi connectivity index (χ3v) is 2.59. The summed E-state index contributed by atoms with van der Waals surface area (Å²) in [5.74, 6) is 0.610. The topological polar surface area (TPSA) is 41.9 Å². The summed E-state index contributed by atoms with van der Waals surface area (Å²) >= 11 is 0. The lowest BCUT2D eigenvalue weighted by molar-refractivity contribution is 0.112. The Balaban J connectivity index is 3.10. The first-order chi connectivity index (χ1) is 8.12. The maximum absolute atomic E-state index is 10.8. The van der Waals surface area contributed by atoms with E-state index >= 15 is 0 Å². The zero-order valence-corrected chi connectivity index (χ0v) is 10.7. The largest absolute Gasteiger partial charge is 0.494 e. The summed E-state index contributed by atoms with van der Waals surface area (Å²) in [5.41, 5.74) is 2.26. The fourth-order valence-electron chi connectivity index (χ4n) is 1.32. The van der Waals surface area contributed by atoms with Gasteiger partial charge in [0.15, 0.2) is 0 Å². The van der Waals surface area contributed by atoms with Crippen LogP contribution in [0.3, 0.4) is 0 Å². The van der Waals surface area contributed by atoms with Crippen LogP contribution >= 0.6 is 0 Å². The zero-order chi connectivity index (χ0) is 12.8. The van der Waals surface area contributed by atoms with Crippen LogP contribution in [0.1, 0.15) is 22.8 Å². The molecule has 0 saturated heterocycles. The van der Waals surface area contributed by atoms with E-state index in [0.29, 0.717) is 11.3 Å². The van der Waals surface area contributed by atoms with E-state index in [2.05, 4.69) is 4.99 Å². The molecule has 17 heavy (non-hydrogen) atoms. The van der Waals surface area contributed by atoms with Gasteiger partial charge in [0.2, 0.25) is 0 Å². The molecule has 0 fully saturated rings. The van der Waals surface area contributed by atoms with Crippen LogP contribution < -0.4 is 4.74 Å². The minimum atomic E-state index is 0.610. The monoisotopic (exact) mass is 234 g/mol. The van der Waals surface area contributed by atoms with Crippen molar-refractivity contribution in [3.63, 3.8) is 0 Å². The summed E-state index contributed by atoms with van der Waals surface area (Å²) in [6, 6.07) is 3.56. The molecule has 0 N–H and O–H groups in total. The lowest BCUT2D eigenvalue weighted by atomic mass is 10.1. The van der Waals surface area contributed by atoms with Crippen LogP contribution in [0.4, 0.5) is 5.69 Å². The highest BCUT2D eigenvalue weighted by Crippen LogP contribution is 2.29. The van der Waals surface area contributed by atoms with Crippen LogP contribution in [-0.4, -0.2) is 38.2 Å². The quantitative estimate of drug-likeness (QED) is 0.446. The molecule has 0 aromatic heterocycles. The molecule has 0 bridgehead atoms. The van der Waals surface area contributed by atoms with Crippen LogP contribution in [0, 0.1) is 6.92 Å². The van der Waals surface area contributed by atoms with Crippen molar-refractivity contribution in [1.82, 2.24) is 4.90 Å². The van der Waals surface area contributed by atoms with Crippen molar-refractivity contribution in [3.05, 3.63) is 23.3 Å². The number of carbonyl (C=O) groups is 1. The van der Waals surface area contributed by atoms with E-state index in [1.165, 1.54) is 0 Å². The van der Waals surface area contributed by atoms with Crippen LogP contribution in [-0.2, 0) is 0 Å². The number of aldehydes is 1. The lowest BCUT2D eigenvalue weighted by Gasteiger charge is -2.10. The van der Waals surface area contributed by atoms with Crippen LogP contribution in [0.5, 0.6) is 5.75 Å². The van der Waals surface area contributed by atoms with E-state index in [9.17, 15) is 4.79 Å². The van der Waals surface area contributed by atoms with Gasteiger partial charge < -0.3 is 9.64 Å². The number of aliphatic imine (C=N–C) groups is 1. The van der Waals surface area contributed by atoms with Gasteiger partial charge in [-0.1, -0.05) is 0 Å². The Labute approximate surface area is 102 Å². The summed E-state index contributed by atoms with van der Waals surface area (Å²) < 4.78 is 5.22. The molecular weight excluding hydrogens is 216 g/mol. The number of rotatable bonds is 5. The molecule has 0 heterocycles. The third kappa shape index (κ3) is 3.31. The number of hydrogen-bond acceptors (Lipinski definition) is 3. The van der Waals surface area contributed by atoms with E-state index in [-0.39, 0.29) is 0 Å². The average molecular weight is 234 g/mol. The maximum atomic E-state index is 10.8. The van der Waals surface area contributed by atoms with E-state index < -0.39 is 0 Å². The van der Waals surface area contributed by atoms with E-state index in [4.69, 9.17) is 4.74 Å². The Kier molecular flexibility index (Phi) is 4.69. The standard InChI is InChI=1S/C13H18N2O2/c1-5-15(3)9-14-12-6-10(2)11(8-16)7-13(12)17-4/h6-9H,5H2,1-4H3/b14-9+. The van der Waals surface area contributed by atoms with Gasteiger partial charge in [0, 0.05) is 19.2 Å². The van der Waals surface area contributed by atoms with Crippen LogP contribution in [0.15, 0.2) is 17.1 Å². The molecule has 92 valence electrons. The SMILES string of the molecule is CCN(C)/C=N/c1cc(C)c(C=O)cc1OC. The zero-order valence-electron chi connectivity index (χ0n) is 10.7. The van der Waals surface area contributed by atoms with Gasteiger partial charge in [0.05, 0.1) is 13.4 Å². The van der Waals surface area contributed by atoms with Gasteiger partial charge in [-0.2, -0.15) is 0 Å². The third-order valence-electron chi connectivity index (χ3n) is 2.59. The van der Waals surface area contributed by atoms with E-state index in [1.807, 2.05) is 31.9 Å². The number of carbonyl (C=O) groups excluding carboxylic acids is 1. The molecule has 0 unspecified atom stereocenters. The molecule has 0 spiro atoms. The second-order valence-corrected chi connectivity index (χ2v) is 3.82.